The highest BCUT2D eigenvalue weighted by Crippen LogP contribution is 2.37. The lowest BCUT2D eigenvalue weighted by atomic mass is 10.1. The zero-order chi connectivity index (χ0) is 25.1. The van der Waals surface area contributed by atoms with Crippen LogP contribution in [0.25, 0.3) is 10.8 Å². The standard InChI is InChI=1S/C28H31N3O4/c1-5-23(27(33)29-18(2)3)30(16-19-9-6-12-21(15-19)35-4)25(32)17-31-24-14-8-11-20-10-7-13-22(26(20)24)28(31)34/h6-15,18,23H,5,16-17H2,1-4H3,(H,29,33). The van der Waals surface area contributed by atoms with Crippen molar-refractivity contribution in [3.63, 3.8) is 0 Å². The van der Waals surface area contributed by atoms with E-state index in [2.05, 4.69) is 5.32 Å². The number of hydrogen-bond donors (Lipinski definition) is 1. The summed E-state index contributed by atoms with van der Waals surface area (Å²) < 4.78 is 5.34. The van der Waals surface area contributed by atoms with E-state index in [1.165, 1.54) is 4.90 Å². The fourth-order valence-corrected chi connectivity index (χ4v) is 4.63. The highest BCUT2D eigenvalue weighted by Gasteiger charge is 2.35. The number of rotatable bonds is 9. The van der Waals surface area contributed by atoms with Crippen molar-refractivity contribution in [3.8, 4) is 5.75 Å². The Bertz CT molecular complexity index is 1260. The Kier molecular flexibility index (Phi) is 7.05. The number of hydrogen-bond acceptors (Lipinski definition) is 4. The molecule has 4 rings (SSSR count). The van der Waals surface area contributed by atoms with Crippen molar-refractivity contribution in [1.82, 2.24) is 10.2 Å². The number of benzene rings is 3. The molecule has 3 amide bonds. The van der Waals surface area contributed by atoms with Gasteiger partial charge in [-0.2, -0.15) is 0 Å². The van der Waals surface area contributed by atoms with Gasteiger partial charge in [-0.05, 0) is 55.5 Å². The molecule has 0 bridgehead atoms. The van der Waals surface area contributed by atoms with Crippen LogP contribution in [0.3, 0.4) is 0 Å². The molecule has 3 aromatic carbocycles. The minimum Gasteiger partial charge on any atom is -0.497 e. The first kappa shape index (κ1) is 24.3. The summed E-state index contributed by atoms with van der Waals surface area (Å²) in [5.74, 6) is -0.0359. The maximum Gasteiger partial charge on any atom is 0.259 e. The fourth-order valence-electron chi connectivity index (χ4n) is 4.63. The second-order valence-electron chi connectivity index (χ2n) is 9.03. The van der Waals surface area contributed by atoms with E-state index < -0.39 is 6.04 Å². The number of nitrogens with zero attached hydrogens (tertiary/aromatic N) is 2. The molecule has 0 fully saturated rings. The van der Waals surface area contributed by atoms with E-state index in [4.69, 9.17) is 4.74 Å². The molecule has 0 saturated heterocycles. The molecule has 182 valence electrons. The summed E-state index contributed by atoms with van der Waals surface area (Å²) in [7, 11) is 1.59. The van der Waals surface area contributed by atoms with Gasteiger partial charge in [0, 0.05) is 23.5 Å². The van der Waals surface area contributed by atoms with Gasteiger partial charge in [-0.3, -0.25) is 19.3 Å². The minimum atomic E-state index is -0.674. The Balaban J connectivity index is 1.66. The van der Waals surface area contributed by atoms with Crippen LogP contribution in [0.5, 0.6) is 5.75 Å². The summed E-state index contributed by atoms with van der Waals surface area (Å²) in [5.41, 5.74) is 2.15. The van der Waals surface area contributed by atoms with Gasteiger partial charge in [-0.25, -0.2) is 0 Å². The van der Waals surface area contributed by atoms with Crippen LogP contribution >= 0.6 is 0 Å². The van der Waals surface area contributed by atoms with Crippen molar-refractivity contribution >= 4 is 34.2 Å². The van der Waals surface area contributed by atoms with E-state index >= 15 is 0 Å². The Morgan fingerprint density at radius 1 is 1.06 bits per heavy atom. The second kappa shape index (κ2) is 10.2. The van der Waals surface area contributed by atoms with Crippen LogP contribution < -0.4 is 15.0 Å². The number of anilines is 1. The smallest absolute Gasteiger partial charge is 0.259 e. The van der Waals surface area contributed by atoms with E-state index in [-0.39, 0.29) is 36.9 Å². The first-order valence-corrected chi connectivity index (χ1v) is 11.9. The zero-order valence-electron chi connectivity index (χ0n) is 20.6. The van der Waals surface area contributed by atoms with Crippen molar-refractivity contribution in [2.45, 2.75) is 45.8 Å². The molecule has 0 saturated carbocycles. The molecule has 0 radical (unpaired) electrons. The highest BCUT2D eigenvalue weighted by atomic mass is 16.5. The zero-order valence-corrected chi connectivity index (χ0v) is 20.6. The first-order valence-electron chi connectivity index (χ1n) is 11.9. The van der Waals surface area contributed by atoms with Crippen LogP contribution in [-0.2, 0) is 16.1 Å². The quantitative estimate of drug-likeness (QED) is 0.507. The first-order chi connectivity index (χ1) is 16.8. The topological polar surface area (TPSA) is 79.0 Å². The van der Waals surface area contributed by atoms with Crippen molar-refractivity contribution < 1.29 is 19.1 Å². The third-order valence-electron chi connectivity index (χ3n) is 6.25. The Hall–Kier alpha value is -3.87. The van der Waals surface area contributed by atoms with Crippen LogP contribution in [0, 0.1) is 0 Å². The minimum absolute atomic E-state index is 0.0578. The van der Waals surface area contributed by atoms with Crippen molar-refractivity contribution in [2.75, 3.05) is 18.6 Å². The number of nitrogens with one attached hydrogen (secondary N) is 1. The predicted octanol–water partition coefficient (Wildman–Crippen LogP) is 4.14. The third kappa shape index (κ3) is 4.85. The molecule has 1 unspecified atom stereocenters. The molecular weight excluding hydrogens is 442 g/mol. The molecular formula is C28H31N3O4. The van der Waals surface area contributed by atoms with Gasteiger partial charge in [0.05, 0.1) is 12.8 Å². The van der Waals surface area contributed by atoms with Gasteiger partial charge in [0.15, 0.2) is 0 Å². The number of methoxy groups -OCH3 is 1. The van der Waals surface area contributed by atoms with Crippen LogP contribution in [0.1, 0.15) is 43.1 Å². The number of amides is 3. The summed E-state index contributed by atoms with van der Waals surface area (Å²) in [5, 5.41) is 4.75. The normalized spacial score (nSPS) is 13.3. The summed E-state index contributed by atoms with van der Waals surface area (Å²) in [6.07, 6.45) is 0.442. The summed E-state index contributed by atoms with van der Waals surface area (Å²) in [4.78, 5) is 43.2. The Morgan fingerprint density at radius 2 is 1.77 bits per heavy atom. The van der Waals surface area contributed by atoms with E-state index in [1.807, 2.05) is 75.4 Å². The molecule has 1 heterocycles. The third-order valence-corrected chi connectivity index (χ3v) is 6.25. The molecule has 35 heavy (non-hydrogen) atoms. The monoisotopic (exact) mass is 473 g/mol. The van der Waals surface area contributed by atoms with E-state index in [0.29, 0.717) is 17.7 Å². The van der Waals surface area contributed by atoms with Crippen molar-refractivity contribution in [1.29, 1.82) is 0 Å². The van der Waals surface area contributed by atoms with Gasteiger partial charge in [-0.1, -0.05) is 43.3 Å². The molecule has 0 spiro atoms. The van der Waals surface area contributed by atoms with Crippen LogP contribution in [-0.4, -0.2) is 48.4 Å². The summed E-state index contributed by atoms with van der Waals surface area (Å²) in [6, 6.07) is 18.0. The average molecular weight is 474 g/mol. The average Bonchev–Trinajstić information content (AvgIpc) is 3.11. The van der Waals surface area contributed by atoms with Crippen LogP contribution in [0.15, 0.2) is 60.7 Å². The van der Waals surface area contributed by atoms with Crippen molar-refractivity contribution in [3.05, 3.63) is 71.8 Å². The van der Waals surface area contributed by atoms with Gasteiger partial charge in [0.2, 0.25) is 11.8 Å². The molecule has 1 N–H and O–H groups in total. The largest absolute Gasteiger partial charge is 0.497 e. The number of carbonyl (C=O) groups is 3. The predicted molar refractivity (Wildman–Crippen MR) is 137 cm³/mol. The maximum absolute atomic E-state index is 13.8. The summed E-state index contributed by atoms with van der Waals surface area (Å²) >= 11 is 0. The Morgan fingerprint density at radius 3 is 2.46 bits per heavy atom. The van der Waals surface area contributed by atoms with Crippen molar-refractivity contribution in [2.24, 2.45) is 0 Å². The SMILES string of the molecule is CCC(C(=O)NC(C)C)N(Cc1cccc(OC)c1)C(=O)CN1C(=O)c2cccc3cccc1c23. The lowest BCUT2D eigenvalue weighted by Crippen LogP contribution is -2.53. The number of carbonyl (C=O) groups excluding carboxylic acids is 3. The molecule has 7 heteroatoms. The summed E-state index contributed by atoms with van der Waals surface area (Å²) in [6.45, 7) is 5.73. The Labute approximate surface area is 205 Å². The van der Waals surface area contributed by atoms with Gasteiger partial charge >= 0.3 is 0 Å². The molecule has 0 aliphatic carbocycles. The second-order valence-corrected chi connectivity index (χ2v) is 9.03. The maximum atomic E-state index is 13.8. The highest BCUT2D eigenvalue weighted by molar-refractivity contribution is 6.26. The molecule has 1 aliphatic heterocycles. The molecule has 1 atom stereocenters. The molecule has 0 aromatic heterocycles. The van der Waals surface area contributed by atoms with Gasteiger partial charge < -0.3 is 15.0 Å². The van der Waals surface area contributed by atoms with Gasteiger partial charge in [-0.15, -0.1) is 0 Å². The van der Waals surface area contributed by atoms with E-state index in [0.717, 1.165) is 22.0 Å². The van der Waals surface area contributed by atoms with Gasteiger partial charge in [0.1, 0.15) is 18.3 Å². The molecule has 3 aromatic rings. The molecule has 7 nitrogen and oxygen atoms in total. The van der Waals surface area contributed by atoms with Crippen LogP contribution in [0.2, 0.25) is 0 Å². The van der Waals surface area contributed by atoms with Gasteiger partial charge in [0.25, 0.3) is 5.91 Å². The van der Waals surface area contributed by atoms with E-state index in [9.17, 15) is 14.4 Å². The van der Waals surface area contributed by atoms with E-state index in [1.54, 1.807) is 18.1 Å². The fraction of sp³-hybridized carbons (Fsp3) is 0.321. The number of ether oxygens (including phenoxy) is 1. The lowest BCUT2D eigenvalue weighted by molar-refractivity contribution is -0.140. The van der Waals surface area contributed by atoms with Crippen LogP contribution in [0.4, 0.5) is 5.69 Å². The molecule has 1 aliphatic rings. The lowest BCUT2D eigenvalue weighted by Gasteiger charge is -2.32.